The van der Waals surface area contributed by atoms with E-state index in [0.29, 0.717) is 23.9 Å². The molecule has 0 atom stereocenters. The molecular weight excluding hydrogens is 348 g/mol. The first-order chi connectivity index (χ1) is 12.0. The highest BCUT2D eigenvalue weighted by Crippen LogP contribution is 2.33. The average molecular weight is 362 g/mol. The summed E-state index contributed by atoms with van der Waals surface area (Å²) in [5, 5.41) is 0.104. The monoisotopic (exact) mass is 361 g/mol. The predicted molar refractivity (Wildman–Crippen MR) is 91.2 cm³/mol. The maximum absolute atomic E-state index is 14.2. The van der Waals surface area contributed by atoms with Gasteiger partial charge in [0.05, 0.1) is 28.5 Å². The van der Waals surface area contributed by atoms with Crippen molar-refractivity contribution in [2.45, 2.75) is 26.2 Å². The molecule has 0 amide bonds. The van der Waals surface area contributed by atoms with Gasteiger partial charge in [0.1, 0.15) is 23.0 Å². The highest BCUT2D eigenvalue weighted by Gasteiger charge is 2.26. The minimum atomic E-state index is -0.602. The van der Waals surface area contributed by atoms with Gasteiger partial charge in [0.25, 0.3) is 5.56 Å². The van der Waals surface area contributed by atoms with Gasteiger partial charge in [-0.1, -0.05) is 11.6 Å². The normalized spacial score (nSPS) is 14.2. The van der Waals surface area contributed by atoms with E-state index >= 15 is 0 Å². The van der Waals surface area contributed by atoms with E-state index in [1.807, 2.05) is 0 Å². The molecule has 25 heavy (non-hydrogen) atoms. The Hall–Kier alpha value is -2.34. The number of hydrogen-bond acceptors (Lipinski definition) is 3. The Bertz CT molecular complexity index is 1060. The van der Waals surface area contributed by atoms with Crippen molar-refractivity contribution in [3.63, 3.8) is 0 Å². The van der Waals surface area contributed by atoms with Crippen molar-refractivity contribution in [3.8, 4) is 5.69 Å². The summed E-state index contributed by atoms with van der Waals surface area (Å²) in [6, 6.07) is 2.52. The molecule has 0 saturated heterocycles. The second-order valence-electron chi connectivity index (χ2n) is 6.33. The zero-order chi connectivity index (χ0) is 17.7. The van der Waals surface area contributed by atoms with Gasteiger partial charge in [-0.05, 0) is 37.8 Å². The van der Waals surface area contributed by atoms with Crippen LogP contribution in [0.4, 0.5) is 8.78 Å². The number of hydrogen-bond donors (Lipinski definition) is 0. The summed E-state index contributed by atoms with van der Waals surface area (Å²) in [7, 11) is 0. The number of aromatic nitrogens is 3. The van der Waals surface area contributed by atoms with Crippen LogP contribution in [0.25, 0.3) is 16.6 Å². The smallest absolute Gasteiger partial charge is 0.267 e. The first-order valence-electron chi connectivity index (χ1n) is 7.97. The van der Waals surface area contributed by atoms with Crippen molar-refractivity contribution in [3.05, 3.63) is 62.9 Å². The molecule has 1 saturated carbocycles. The summed E-state index contributed by atoms with van der Waals surface area (Å²) < 4.78 is 29.5. The lowest BCUT2D eigenvalue weighted by Crippen LogP contribution is -2.26. The minimum Gasteiger partial charge on any atom is -0.268 e. The molecule has 2 heterocycles. The van der Waals surface area contributed by atoms with Gasteiger partial charge < -0.3 is 0 Å². The summed E-state index contributed by atoms with van der Waals surface area (Å²) in [4.78, 5) is 21.3. The highest BCUT2D eigenvalue weighted by atomic mass is 35.5. The van der Waals surface area contributed by atoms with Crippen LogP contribution in [0.2, 0.25) is 5.02 Å². The van der Waals surface area contributed by atoms with Crippen molar-refractivity contribution in [2.75, 3.05) is 0 Å². The summed E-state index contributed by atoms with van der Waals surface area (Å²) in [5.41, 5.74) is 0.0188. The maximum Gasteiger partial charge on any atom is 0.267 e. The van der Waals surface area contributed by atoms with Crippen LogP contribution in [0, 0.1) is 24.5 Å². The number of nitrogens with zero attached hydrogens (tertiary/aromatic N) is 3. The number of rotatable bonds is 3. The lowest BCUT2D eigenvalue weighted by molar-refractivity contribution is 0.607. The van der Waals surface area contributed by atoms with Crippen molar-refractivity contribution >= 4 is 22.5 Å². The van der Waals surface area contributed by atoms with E-state index in [9.17, 15) is 13.6 Å². The lowest BCUT2D eigenvalue weighted by Gasteiger charge is -2.16. The Kier molecular flexibility index (Phi) is 3.80. The fourth-order valence-electron chi connectivity index (χ4n) is 2.94. The van der Waals surface area contributed by atoms with E-state index < -0.39 is 17.2 Å². The van der Waals surface area contributed by atoms with Gasteiger partial charge in [-0.15, -0.1) is 0 Å². The molecule has 0 bridgehead atoms. The summed E-state index contributed by atoms with van der Waals surface area (Å²) in [6.07, 6.45) is 5.09. The maximum atomic E-state index is 14.2. The predicted octanol–water partition coefficient (Wildman–Crippen LogP) is 3.97. The topological polar surface area (TPSA) is 47.8 Å². The van der Waals surface area contributed by atoms with Crippen molar-refractivity contribution < 1.29 is 8.78 Å². The SMILES string of the molecule is Cc1c(F)cncc1-n1c(CC2CC2)nc2c(F)ccc(Cl)c2c1=O. The van der Waals surface area contributed by atoms with Gasteiger partial charge >= 0.3 is 0 Å². The molecule has 0 radical (unpaired) electrons. The second-order valence-corrected chi connectivity index (χ2v) is 6.74. The van der Waals surface area contributed by atoms with Crippen LogP contribution < -0.4 is 5.56 Å². The molecule has 1 fully saturated rings. The molecule has 1 aromatic carbocycles. The standard InChI is InChI=1S/C18H14ClF2N3O/c1-9-13(21)7-22-8-14(9)24-15(6-10-2-3-10)23-17-12(20)5-4-11(19)16(17)18(24)25/h4-5,7-8,10H,2-3,6H2,1H3. The molecule has 4 rings (SSSR count). The first-order valence-corrected chi connectivity index (χ1v) is 8.35. The Labute approximate surface area is 147 Å². The van der Waals surface area contributed by atoms with E-state index in [2.05, 4.69) is 9.97 Å². The van der Waals surface area contributed by atoms with E-state index in [1.165, 1.54) is 22.9 Å². The van der Waals surface area contributed by atoms with Crippen LogP contribution in [0.3, 0.4) is 0 Å². The Morgan fingerprint density at radius 3 is 2.72 bits per heavy atom. The van der Waals surface area contributed by atoms with E-state index in [-0.39, 0.29) is 21.5 Å². The number of pyridine rings is 1. The minimum absolute atomic E-state index is 0.00938. The zero-order valence-electron chi connectivity index (χ0n) is 13.4. The fraction of sp³-hybridized carbons (Fsp3) is 0.278. The molecule has 7 heteroatoms. The van der Waals surface area contributed by atoms with Gasteiger partial charge in [-0.25, -0.2) is 13.8 Å². The van der Waals surface area contributed by atoms with Crippen LogP contribution in [0.5, 0.6) is 0 Å². The number of halogens is 3. The number of fused-ring (bicyclic) bond motifs is 1. The molecular formula is C18H14ClF2N3O. The van der Waals surface area contributed by atoms with Crippen LogP contribution >= 0.6 is 11.6 Å². The van der Waals surface area contributed by atoms with Crippen molar-refractivity contribution in [1.29, 1.82) is 0 Å². The molecule has 1 aliphatic rings. The van der Waals surface area contributed by atoms with Gasteiger partial charge in [0.2, 0.25) is 0 Å². The quantitative estimate of drug-likeness (QED) is 0.709. The van der Waals surface area contributed by atoms with E-state index in [0.717, 1.165) is 19.0 Å². The molecule has 0 unspecified atom stereocenters. The summed E-state index contributed by atoms with van der Waals surface area (Å²) in [6.45, 7) is 1.57. The third-order valence-electron chi connectivity index (χ3n) is 4.53. The molecule has 2 aromatic heterocycles. The Morgan fingerprint density at radius 2 is 2.00 bits per heavy atom. The Balaban J connectivity index is 2.10. The van der Waals surface area contributed by atoms with Crippen molar-refractivity contribution in [2.24, 2.45) is 5.92 Å². The third-order valence-corrected chi connectivity index (χ3v) is 4.84. The summed E-state index contributed by atoms with van der Waals surface area (Å²) in [5.74, 6) is -0.321. The molecule has 1 aliphatic carbocycles. The first kappa shape index (κ1) is 16.1. The van der Waals surface area contributed by atoms with Gasteiger partial charge in [0, 0.05) is 12.0 Å². The third kappa shape index (κ3) is 2.70. The molecule has 0 N–H and O–H groups in total. The molecule has 3 aromatic rings. The highest BCUT2D eigenvalue weighted by molar-refractivity contribution is 6.35. The van der Waals surface area contributed by atoms with Crippen LogP contribution in [-0.4, -0.2) is 14.5 Å². The molecule has 128 valence electrons. The Morgan fingerprint density at radius 1 is 1.24 bits per heavy atom. The van der Waals surface area contributed by atoms with E-state index in [4.69, 9.17) is 11.6 Å². The molecule has 0 spiro atoms. The van der Waals surface area contributed by atoms with Gasteiger partial charge in [-0.3, -0.25) is 14.3 Å². The molecule has 0 aliphatic heterocycles. The van der Waals surface area contributed by atoms with E-state index in [1.54, 1.807) is 6.92 Å². The van der Waals surface area contributed by atoms with Crippen LogP contribution in [0.1, 0.15) is 24.2 Å². The average Bonchev–Trinajstić information content (AvgIpc) is 3.38. The molecule has 4 nitrogen and oxygen atoms in total. The van der Waals surface area contributed by atoms with Crippen molar-refractivity contribution in [1.82, 2.24) is 14.5 Å². The van der Waals surface area contributed by atoms with Gasteiger partial charge in [0.15, 0.2) is 0 Å². The summed E-state index contributed by atoms with van der Waals surface area (Å²) >= 11 is 6.13. The zero-order valence-corrected chi connectivity index (χ0v) is 14.1. The second kappa shape index (κ2) is 5.88. The van der Waals surface area contributed by atoms with Crippen LogP contribution in [0.15, 0.2) is 29.3 Å². The fourth-order valence-corrected chi connectivity index (χ4v) is 3.18. The van der Waals surface area contributed by atoms with Gasteiger partial charge in [-0.2, -0.15) is 0 Å². The lowest BCUT2D eigenvalue weighted by atomic mass is 10.1. The van der Waals surface area contributed by atoms with Crippen LogP contribution in [-0.2, 0) is 6.42 Å². The number of benzene rings is 1. The largest absolute Gasteiger partial charge is 0.268 e.